The lowest BCUT2D eigenvalue weighted by atomic mass is 10.2. The smallest absolute Gasteiger partial charge is 0.160 e. The van der Waals surface area contributed by atoms with E-state index in [9.17, 15) is 9.18 Å². The highest BCUT2D eigenvalue weighted by Crippen LogP contribution is 2.30. The van der Waals surface area contributed by atoms with Crippen molar-refractivity contribution in [3.63, 3.8) is 0 Å². The van der Waals surface area contributed by atoms with Crippen LogP contribution in [0, 0.1) is 5.82 Å². The normalized spacial score (nSPS) is 10.2. The Hall–Kier alpha value is -1.68. The predicted octanol–water partition coefficient (Wildman–Crippen LogP) is 3.86. The minimum atomic E-state index is -0.256. The number of para-hydroxylation sites is 1. The molecule has 1 heterocycles. The average Bonchev–Trinajstić information content (AvgIpc) is 2.81. The van der Waals surface area contributed by atoms with Crippen molar-refractivity contribution < 1.29 is 9.18 Å². The summed E-state index contributed by atoms with van der Waals surface area (Å²) in [5, 5.41) is 1.86. The molecule has 1 aromatic heterocycles. The Morgan fingerprint density at radius 3 is 2.76 bits per heavy atom. The van der Waals surface area contributed by atoms with Gasteiger partial charge in [0, 0.05) is 11.9 Å². The lowest BCUT2D eigenvalue weighted by molar-refractivity contribution is 0.112. The maximum atomic E-state index is 13.7. The van der Waals surface area contributed by atoms with Gasteiger partial charge in [0.05, 0.1) is 16.3 Å². The number of benzene rings is 1. The molecule has 2 nitrogen and oxygen atoms in total. The average molecular weight is 249 g/mol. The molecule has 0 spiro atoms. The number of thiophene rings is 1. The molecular formula is C13H12FNOS. The molecular weight excluding hydrogens is 237 g/mol. The molecule has 2 aromatic rings. The molecule has 0 unspecified atom stereocenters. The van der Waals surface area contributed by atoms with Gasteiger partial charge >= 0.3 is 0 Å². The quantitative estimate of drug-likeness (QED) is 0.767. The summed E-state index contributed by atoms with van der Waals surface area (Å²) in [6.07, 6.45) is 0.809. The van der Waals surface area contributed by atoms with Crippen LogP contribution in [0.25, 0.3) is 0 Å². The van der Waals surface area contributed by atoms with Crippen LogP contribution in [-0.2, 0) is 0 Å². The van der Waals surface area contributed by atoms with Crippen molar-refractivity contribution in [3.05, 3.63) is 46.4 Å². The summed E-state index contributed by atoms with van der Waals surface area (Å²) in [5.41, 5.74) is 1.38. The number of anilines is 2. The number of hydrogen-bond donors (Lipinski definition) is 0. The van der Waals surface area contributed by atoms with Gasteiger partial charge in [-0.3, -0.25) is 4.79 Å². The third-order valence-corrected chi connectivity index (χ3v) is 3.34. The number of nitrogens with zero attached hydrogens (tertiary/aromatic N) is 1. The summed E-state index contributed by atoms with van der Waals surface area (Å²) in [5.74, 6) is -0.256. The lowest BCUT2D eigenvalue weighted by Crippen LogP contribution is -2.16. The number of rotatable bonds is 4. The highest BCUT2D eigenvalue weighted by atomic mass is 32.1. The van der Waals surface area contributed by atoms with Gasteiger partial charge in [0.1, 0.15) is 5.82 Å². The predicted molar refractivity (Wildman–Crippen MR) is 68.8 cm³/mol. The fourth-order valence-electron chi connectivity index (χ4n) is 1.71. The highest BCUT2D eigenvalue weighted by Gasteiger charge is 2.12. The molecule has 0 bridgehead atoms. The lowest BCUT2D eigenvalue weighted by Gasteiger charge is -2.22. The zero-order valence-electron chi connectivity index (χ0n) is 9.39. The molecule has 0 N–H and O–H groups in total. The highest BCUT2D eigenvalue weighted by molar-refractivity contribution is 7.12. The zero-order valence-corrected chi connectivity index (χ0v) is 10.2. The first kappa shape index (κ1) is 11.8. The largest absolute Gasteiger partial charge is 0.339 e. The molecule has 1 aromatic carbocycles. The minimum Gasteiger partial charge on any atom is -0.339 e. The third-order valence-electron chi connectivity index (χ3n) is 2.49. The molecule has 0 radical (unpaired) electrons. The van der Waals surface area contributed by atoms with E-state index in [4.69, 9.17) is 0 Å². The van der Waals surface area contributed by atoms with Crippen molar-refractivity contribution in [2.24, 2.45) is 0 Å². The van der Waals surface area contributed by atoms with Crippen molar-refractivity contribution in [2.75, 3.05) is 11.4 Å². The van der Waals surface area contributed by atoms with Crippen molar-refractivity contribution >= 4 is 29.0 Å². The Morgan fingerprint density at radius 2 is 2.18 bits per heavy atom. The van der Waals surface area contributed by atoms with Gasteiger partial charge in [-0.25, -0.2) is 4.39 Å². The van der Waals surface area contributed by atoms with Gasteiger partial charge in [-0.1, -0.05) is 12.1 Å². The van der Waals surface area contributed by atoms with Crippen LogP contribution in [0.3, 0.4) is 0 Å². The Bertz CT molecular complexity index is 524. The standard InChI is InChI=1S/C13H12FNOS/c1-2-15(10-7-11(8-16)17-9-10)13-6-4-3-5-12(13)14/h3-9H,2H2,1H3. The van der Waals surface area contributed by atoms with Gasteiger partial charge in [-0.15, -0.1) is 11.3 Å². The van der Waals surface area contributed by atoms with Crippen LogP contribution >= 0.6 is 11.3 Å². The number of carbonyl (C=O) groups is 1. The van der Waals surface area contributed by atoms with E-state index in [0.717, 1.165) is 12.0 Å². The van der Waals surface area contributed by atoms with Crippen molar-refractivity contribution in [1.82, 2.24) is 0 Å². The number of hydrogen-bond acceptors (Lipinski definition) is 3. The first-order chi connectivity index (χ1) is 8.26. The molecule has 0 aliphatic carbocycles. The van der Waals surface area contributed by atoms with Gasteiger partial charge in [0.15, 0.2) is 6.29 Å². The fraction of sp³-hybridized carbons (Fsp3) is 0.154. The second-order valence-corrected chi connectivity index (χ2v) is 4.46. The van der Waals surface area contributed by atoms with E-state index in [2.05, 4.69) is 0 Å². The zero-order chi connectivity index (χ0) is 12.3. The van der Waals surface area contributed by atoms with Gasteiger partial charge in [-0.05, 0) is 25.1 Å². The summed E-state index contributed by atoms with van der Waals surface area (Å²) >= 11 is 1.36. The molecule has 17 heavy (non-hydrogen) atoms. The van der Waals surface area contributed by atoms with Gasteiger partial charge in [0.25, 0.3) is 0 Å². The molecule has 0 saturated carbocycles. The molecule has 0 atom stereocenters. The maximum absolute atomic E-state index is 13.7. The third kappa shape index (κ3) is 2.36. The summed E-state index contributed by atoms with van der Waals surface area (Å²) in [6.45, 7) is 2.60. The fourth-order valence-corrected chi connectivity index (χ4v) is 2.40. The van der Waals surface area contributed by atoms with Crippen LogP contribution in [0.5, 0.6) is 0 Å². The summed E-state index contributed by atoms with van der Waals surface area (Å²) in [4.78, 5) is 13.1. The van der Waals surface area contributed by atoms with E-state index in [0.29, 0.717) is 17.1 Å². The van der Waals surface area contributed by atoms with Crippen LogP contribution < -0.4 is 4.90 Å². The van der Waals surface area contributed by atoms with Crippen molar-refractivity contribution in [2.45, 2.75) is 6.92 Å². The number of carbonyl (C=O) groups excluding carboxylic acids is 1. The van der Waals surface area contributed by atoms with Crippen LogP contribution in [0.2, 0.25) is 0 Å². The van der Waals surface area contributed by atoms with Gasteiger partial charge in [-0.2, -0.15) is 0 Å². The van der Waals surface area contributed by atoms with E-state index in [-0.39, 0.29) is 5.82 Å². The second-order valence-electron chi connectivity index (χ2n) is 3.52. The molecule has 88 valence electrons. The van der Waals surface area contributed by atoms with Gasteiger partial charge < -0.3 is 4.90 Å². The Labute approximate surface area is 103 Å². The second kappa shape index (κ2) is 5.10. The van der Waals surface area contributed by atoms with E-state index < -0.39 is 0 Å². The van der Waals surface area contributed by atoms with E-state index in [1.807, 2.05) is 17.2 Å². The molecule has 4 heteroatoms. The van der Waals surface area contributed by atoms with Gasteiger partial charge in [0.2, 0.25) is 0 Å². The van der Waals surface area contributed by atoms with E-state index in [1.54, 1.807) is 24.3 Å². The van der Waals surface area contributed by atoms with E-state index in [1.165, 1.54) is 17.4 Å². The van der Waals surface area contributed by atoms with Crippen LogP contribution in [-0.4, -0.2) is 12.8 Å². The summed E-state index contributed by atoms with van der Waals surface area (Å²) in [7, 11) is 0. The molecule has 0 aliphatic rings. The number of aldehydes is 1. The first-order valence-corrected chi connectivity index (χ1v) is 6.20. The summed E-state index contributed by atoms with van der Waals surface area (Å²) < 4.78 is 13.7. The Kier molecular flexibility index (Phi) is 3.54. The molecule has 2 rings (SSSR count). The monoisotopic (exact) mass is 249 g/mol. The number of halogens is 1. The van der Waals surface area contributed by atoms with Crippen LogP contribution in [0.1, 0.15) is 16.6 Å². The topological polar surface area (TPSA) is 20.3 Å². The van der Waals surface area contributed by atoms with Crippen molar-refractivity contribution in [3.8, 4) is 0 Å². The molecule has 0 fully saturated rings. The maximum Gasteiger partial charge on any atom is 0.160 e. The van der Waals surface area contributed by atoms with E-state index >= 15 is 0 Å². The SMILES string of the molecule is CCN(c1csc(C=O)c1)c1ccccc1F. The van der Waals surface area contributed by atoms with Crippen molar-refractivity contribution in [1.29, 1.82) is 0 Å². The molecule has 0 saturated heterocycles. The summed E-state index contributed by atoms with van der Waals surface area (Å²) in [6, 6.07) is 8.40. The first-order valence-electron chi connectivity index (χ1n) is 5.32. The Morgan fingerprint density at radius 1 is 1.41 bits per heavy atom. The molecule has 0 amide bonds. The van der Waals surface area contributed by atoms with Crippen LogP contribution in [0.15, 0.2) is 35.7 Å². The Balaban J connectivity index is 2.40. The van der Waals surface area contributed by atoms with Crippen LogP contribution in [0.4, 0.5) is 15.8 Å². The molecule has 0 aliphatic heterocycles. The minimum absolute atomic E-state index is 0.256.